The van der Waals surface area contributed by atoms with E-state index < -0.39 is 0 Å². The van der Waals surface area contributed by atoms with Crippen LogP contribution in [0.15, 0.2) is 11.8 Å². The van der Waals surface area contributed by atoms with Crippen molar-refractivity contribution in [3.05, 3.63) is 11.8 Å². The maximum absolute atomic E-state index is 12.1. The molecule has 1 amide bonds. The number of likely N-dealkylation sites (N-methyl/N-ethyl adjacent to an activating group) is 1. The molecule has 0 radical (unpaired) electrons. The van der Waals surface area contributed by atoms with Gasteiger partial charge in [-0.15, -0.1) is 0 Å². The second-order valence-electron chi connectivity index (χ2n) is 6.43. The van der Waals surface area contributed by atoms with Crippen molar-refractivity contribution in [2.75, 3.05) is 13.6 Å². The summed E-state index contributed by atoms with van der Waals surface area (Å²) in [6.45, 7) is 21.3. The Morgan fingerprint density at radius 1 is 0.966 bits per heavy atom. The fourth-order valence-corrected chi connectivity index (χ4v) is 2.39. The molecule has 0 aliphatic rings. The van der Waals surface area contributed by atoms with Crippen molar-refractivity contribution in [3.8, 4) is 0 Å². The van der Waals surface area contributed by atoms with Gasteiger partial charge in [0.05, 0.1) is 0 Å². The Labute approximate surface area is 182 Å². The molecule has 176 valence electrons. The number of aldehydes is 1. The fourth-order valence-electron chi connectivity index (χ4n) is 2.39. The second kappa shape index (κ2) is 28.8. The fraction of sp³-hybridized carbons (Fsp3) is 0.833. The number of carbonyl (C=O) groups excluding carboxylic acids is 2. The van der Waals surface area contributed by atoms with Gasteiger partial charge < -0.3 is 20.7 Å². The third kappa shape index (κ3) is 21.2. The first-order chi connectivity index (χ1) is 13.9. The van der Waals surface area contributed by atoms with E-state index in [0.29, 0.717) is 12.3 Å². The van der Waals surface area contributed by atoms with Crippen LogP contribution in [0.2, 0.25) is 0 Å². The Morgan fingerprint density at radius 2 is 1.52 bits per heavy atom. The molecule has 0 bridgehead atoms. The van der Waals surface area contributed by atoms with Crippen LogP contribution in [0.5, 0.6) is 0 Å². The molecule has 0 aromatic rings. The van der Waals surface area contributed by atoms with Gasteiger partial charge in [0.1, 0.15) is 12.3 Å². The van der Waals surface area contributed by atoms with E-state index in [1.807, 2.05) is 48.6 Å². The van der Waals surface area contributed by atoms with Crippen molar-refractivity contribution in [3.63, 3.8) is 0 Å². The van der Waals surface area contributed by atoms with E-state index >= 15 is 0 Å². The molecular weight excluding hydrogens is 362 g/mol. The lowest BCUT2D eigenvalue weighted by Gasteiger charge is -2.28. The number of amides is 1. The summed E-state index contributed by atoms with van der Waals surface area (Å²) in [4.78, 5) is 21.5. The van der Waals surface area contributed by atoms with E-state index in [0.717, 1.165) is 44.2 Å². The molecular formula is C24H53N3O2. The molecule has 2 atom stereocenters. The third-order valence-corrected chi connectivity index (χ3v) is 3.76. The summed E-state index contributed by atoms with van der Waals surface area (Å²) in [5.74, 6) is 0.566. The van der Waals surface area contributed by atoms with Crippen LogP contribution in [0, 0.1) is 5.92 Å². The van der Waals surface area contributed by atoms with Gasteiger partial charge >= 0.3 is 0 Å². The topological polar surface area (TPSA) is 70.2 Å². The monoisotopic (exact) mass is 415 g/mol. The average molecular weight is 416 g/mol. The Balaban J connectivity index is -0.000000294. The van der Waals surface area contributed by atoms with E-state index in [1.165, 1.54) is 0 Å². The molecule has 0 heterocycles. The summed E-state index contributed by atoms with van der Waals surface area (Å²) in [5, 5.41) is 9.74. The first-order valence-electron chi connectivity index (χ1n) is 11.8. The molecule has 5 nitrogen and oxygen atoms in total. The summed E-state index contributed by atoms with van der Waals surface area (Å²) in [6, 6.07) is 0.0944. The highest BCUT2D eigenvalue weighted by Gasteiger charge is 2.22. The molecule has 0 aliphatic carbocycles. The van der Waals surface area contributed by atoms with E-state index in [1.54, 1.807) is 0 Å². The van der Waals surface area contributed by atoms with Crippen LogP contribution in [-0.2, 0) is 9.59 Å². The molecule has 29 heavy (non-hydrogen) atoms. The van der Waals surface area contributed by atoms with Gasteiger partial charge in [-0.05, 0) is 38.6 Å². The van der Waals surface area contributed by atoms with Gasteiger partial charge in [0, 0.05) is 24.7 Å². The zero-order valence-corrected chi connectivity index (χ0v) is 21.4. The standard InChI is InChI=1S/C16H33N3O.C4H8O.2C2H6/c1-7-10-14(15(17-6)12(4)5)19-13(9-3)16(20)18-11-8-2;1-2-3-4-5;2*1-2/h10,12-13,15,17,19H,7-9,11H2,1-6H3,(H,18,20);4H,2-3H2,1H3;2*1-2H3/b14-10-;;;. The van der Waals surface area contributed by atoms with E-state index in [9.17, 15) is 9.59 Å². The van der Waals surface area contributed by atoms with Gasteiger partial charge in [-0.1, -0.05) is 75.3 Å². The van der Waals surface area contributed by atoms with Gasteiger partial charge in [0.15, 0.2) is 0 Å². The van der Waals surface area contributed by atoms with Gasteiger partial charge in [0.25, 0.3) is 0 Å². The minimum Gasteiger partial charge on any atom is -0.376 e. The molecule has 0 aromatic heterocycles. The summed E-state index contributed by atoms with van der Waals surface area (Å²) in [7, 11) is 1.97. The summed E-state index contributed by atoms with van der Waals surface area (Å²) in [6.07, 6.45) is 7.50. The van der Waals surface area contributed by atoms with Gasteiger partial charge in [-0.2, -0.15) is 0 Å². The predicted octanol–water partition coefficient (Wildman–Crippen LogP) is 5.46. The van der Waals surface area contributed by atoms with Crippen LogP contribution in [-0.4, -0.2) is 37.9 Å². The number of unbranched alkanes of at least 4 members (excludes halogenated alkanes) is 1. The number of rotatable bonds is 12. The smallest absolute Gasteiger partial charge is 0.242 e. The minimum atomic E-state index is -0.158. The molecule has 0 saturated carbocycles. The number of carbonyl (C=O) groups is 2. The van der Waals surface area contributed by atoms with E-state index in [4.69, 9.17) is 0 Å². The van der Waals surface area contributed by atoms with Crippen molar-refractivity contribution >= 4 is 12.2 Å². The van der Waals surface area contributed by atoms with Crippen molar-refractivity contribution in [2.24, 2.45) is 5.92 Å². The highest BCUT2D eigenvalue weighted by molar-refractivity contribution is 5.81. The first kappa shape index (κ1) is 35.1. The molecule has 0 saturated heterocycles. The van der Waals surface area contributed by atoms with Crippen molar-refractivity contribution in [1.29, 1.82) is 0 Å². The van der Waals surface area contributed by atoms with Crippen LogP contribution in [0.3, 0.4) is 0 Å². The molecule has 0 spiro atoms. The molecule has 3 N–H and O–H groups in total. The van der Waals surface area contributed by atoms with Gasteiger partial charge in [-0.3, -0.25) is 4.79 Å². The Morgan fingerprint density at radius 3 is 1.79 bits per heavy atom. The normalized spacial score (nSPS) is 12.1. The zero-order valence-electron chi connectivity index (χ0n) is 21.4. The lowest BCUT2D eigenvalue weighted by molar-refractivity contribution is -0.123. The Kier molecular flexibility index (Phi) is 34.9. The van der Waals surface area contributed by atoms with Crippen LogP contribution in [0.4, 0.5) is 0 Å². The first-order valence-corrected chi connectivity index (χ1v) is 11.8. The Hall–Kier alpha value is -1.36. The lowest BCUT2D eigenvalue weighted by atomic mass is 9.99. The Bertz CT molecular complexity index is 369. The van der Waals surface area contributed by atoms with Crippen molar-refractivity contribution in [1.82, 2.24) is 16.0 Å². The van der Waals surface area contributed by atoms with Crippen LogP contribution >= 0.6 is 0 Å². The summed E-state index contributed by atoms with van der Waals surface area (Å²) in [5.41, 5.74) is 1.13. The van der Waals surface area contributed by atoms with E-state index in [-0.39, 0.29) is 18.0 Å². The number of nitrogens with one attached hydrogen (secondary N) is 3. The molecule has 0 rings (SSSR count). The van der Waals surface area contributed by atoms with Crippen LogP contribution in [0.1, 0.15) is 101 Å². The van der Waals surface area contributed by atoms with E-state index in [2.05, 4.69) is 49.7 Å². The maximum Gasteiger partial charge on any atom is 0.242 e. The van der Waals surface area contributed by atoms with Crippen LogP contribution in [0.25, 0.3) is 0 Å². The second-order valence-corrected chi connectivity index (χ2v) is 6.43. The number of allylic oxidation sites excluding steroid dienone is 1. The molecule has 5 heteroatoms. The number of hydrogen-bond donors (Lipinski definition) is 3. The highest BCUT2D eigenvalue weighted by Crippen LogP contribution is 2.12. The quantitative estimate of drug-likeness (QED) is 0.370. The predicted molar refractivity (Wildman–Crippen MR) is 130 cm³/mol. The molecule has 0 aromatic carbocycles. The molecule has 0 fully saturated rings. The maximum atomic E-state index is 12.1. The molecule has 0 aliphatic heterocycles. The summed E-state index contributed by atoms with van der Waals surface area (Å²) >= 11 is 0. The third-order valence-electron chi connectivity index (χ3n) is 3.76. The SMILES string of the molecule is CC.CC.CC/C=C(\NC(CC)C(=O)NCCC)C(NC)C(C)C.CCCC=O. The van der Waals surface area contributed by atoms with Crippen molar-refractivity contribution in [2.45, 2.75) is 113 Å². The summed E-state index contributed by atoms with van der Waals surface area (Å²) < 4.78 is 0. The van der Waals surface area contributed by atoms with Gasteiger partial charge in [-0.25, -0.2) is 0 Å². The van der Waals surface area contributed by atoms with Crippen LogP contribution < -0.4 is 16.0 Å². The number of hydrogen-bond acceptors (Lipinski definition) is 4. The average Bonchev–Trinajstić information content (AvgIpc) is 2.74. The lowest BCUT2D eigenvalue weighted by Crippen LogP contribution is -2.48. The zero-order chi connectivity index (χ0) is 23.7. The largest absolute Gasteiger partial charge is 0.376 e. The highest BCUT2D eigenvalue weighted by atomic mass is 16.2. The van der Waals surface area contributed by atoms with Gasteiger partial charge in [0.2, 0.25) is 5.91 Å². The minimum absolute atomic E-state index is 0.0926. The molecule has 2 unspecified atom stereocenters. The van der Waals surface area contributed by atoms with Crippen molar-refractivity contribution < 1.29 is 9.59 Å².